The van der Waals surface area contributed by atoms with E-state index in [0.29, 0.717) is 30.2 Å². The number of nitrogens with one attached hydrogen (secondary N) is 1. The summed E-state index contributed by atoms with van der Waals surface area (Å²) in [6.07, 6.45) is 4.33. The highest BCUT2D eigenvalue weighted by molar-refractivity contribution is 5.93. The van der Waals surface area contributed by atoms with Crippen LogP contribution in [-0.2, 0) is 11.2 Å². The lowest BCUT2D eigenvalue weighted by molar-refractivity contribution is -0.138. The third kappa shape index (κ3) is 6.65. The highest BCUT2D eigenvalue weighted by Gasteiger charge is 2.28. The van der Waals surface area contributed by atoms with E-state index >= 15 is 0 Å². The van der Waals surface area contributed by atoms with Crippen molar-refractivity contribution in [2.45, 2.75) is 52.0 Å². The third-order valence-electron chi connectivity index (χ3n) is 7.22. The zero-order valence-corrected chi connectivity index (χ0v) is 22.6. The number of aromatic nitrogens is 1. The number of halogens is 1. The van der Waals surface area contributed by atoms with E-state index in [0.717, 1.165) is 37.9 Å². The Kier molecular flexibility index (Phi) is 8.70. The van der Waals surface area contributed by atoms with E-state index in [2.05, 4.69) is 19.2 Å². The van der Waals surface area contributed by atoms with Gasteiger partial charge in [-0.05, 0) is 55.4 Å². The van der Waals surface area contributed by atoms with Crippen molar-refractivity contribution in [1.29, 1.82) is 0 Å². The fraction of sp³-hybridized carbons (Fsp3) is 0.433. The van der Waals surface area contributed by atoms with E-state index < -0.39 is 29.1 Å². The lowest BCUT2D eigenvalue weighted by atomic mass is 9.97. The molecule has 0 amide bonds. The van der Waals surface area contributed by atoms with Crippen molar-refractivity contribution in [2.24, 2.45) is 5.92 Å². The number of benzene rings is 2. The van der Waals surface area contributed by atoms with Crippen LogP contribution in [0.25, 0.3) is 10.9 Å². The number of carbonyl (C=O) groups is 2. The van der Waals surface area contributed by atoms with Gasteiger partial charge in [0.25, 0.3) is 0 Å². The van der Waals surface area contributed by atoms with E-state index in [-0.39, 0.29) is 17.0 Å². The molecule has 1 aliphatic carbocycles. The number of piperazine rings is 1. The Balaban J connectivity index is 0.000000204. The van der Waals surface area contributed by atoms with Crippen molar-refractivity contribution < 1.29 is 24.2 Å². The van der Waals surface area contributed by atoms with Gasteiger partial charge in [0, 0.05) is 43.8 Å². The molecule has 0 radical (unpaired) electrons. The number of fused-ring (bicyclic) bond motifs is 1. The smallest absolute Gasteiger partial charge is 0.341 e. The number of nitrogens with zero attached hydrogens (tertiary/aromatic N) is 2. The van der Waals surface area contributed by atoms with E-state index in [9.17, 15) is 23.9 Å². The maximum Gasteiger partial charge on any atom is 0.341 e. The standard InChI is InChI=1S/C17H18FN3O3.C13H18O2/c18-13-7-11-14(8-15(13)20-5-3-19-4-6-20)21(10-1-2-10)9-12(16(11)22)17(23)24;1-9(2)8-11-4-6-12(7-5-11)10(3)13(14)15/h7-10,19H,1-6H2,(H,23,24);4-7,9-10H,8H2,1-3H3,(H,14,15). The second kappa shape index (κ2) is 12.0. The molecule has 208 valence electrons. The van der Waals surface area contributed by atoms with E-state index in [1.807, 2.05) is 33.7 Å². The monoisotopic (exact) mass is 537 g/mol. The molecule has 1 atom stereocenters. The van der Waals surface area contributed by atoms with Crippen molar-refractivity contribution >= 4 is 28.5 Å². The van der Waals surface area contributed by atoms with Gasteiger partial charge in [-0.2, -0.15) is 0 Å². The number of carboxylic acids is 2. The Bertz CT molecular complexity index is 1410. The third-order valence-corrected chi connectivity index (χ3v) is 7.22. The number of aromatic carboxylic acids is 1. The summed E-state index contributed by atoms with van der Waals surface area (Å²) in [5.74, 6) is -2.31. The second-order valence-electron chi connectivity index (χ2n) is 10.8. The molecule has 9 heteroatoms. The summed E-state index contributed by atoms with van der Waals surface area (Å²) < 4.78 is 16.4. The Hall–Kier alpha value is -3.72. The van der Waals surface area contributed by atoms with Crippen LogP contribution in [0.5, 0.6) is 0 Å². The van der Waals surface area contributed by atoms with Crippen LogP contribution in [0.2, 0.25) is 0 Å². The van der Waals surface area contributed by atoms with Crippen molar-refractivity contribution in [3.63, 3.8) is 0 Å². The number of aliphatic carboxylic acids is 1. The summed E-state index contributed by atoms with van der Waals surface area (Å²) in [5.41, 5.74) is 2.30. The van der Waals surface area contributed by atoms with Gasteiger partial charge >= 0.3 is 11.9 Å². The molecule has 2 aliphatic rings. The Morgan fingerprint density at radius 2 is 1.69 bits per heavy atom. The quantitative estimate of drug-likeness (QED) is 0.402. The Morgan fingerprint density at radius 3 is 2.23 bits per heavy atom. The topological polar surface area (TPSA) is 112 Å². The molecule has 1 aromatic heterocycles. The molecule has 1 aliphatic heterocycles. The Morgan fingerprint density at radius 1 is 1.05 bits per heavy atom. The van der Waals surface area contributed by atoms with Crippen LogP contribution in [-0.4, -0.2) is 52.9 Å². The number of rotatable bonds is 7. The maximum absolute atomic E-state index is 14.6. The number of hydrogen-bond donors (Lipinski definition) is 3. The van der Waals surface area contributed by atoms with Gasteiger partial charge < -0.3 is 25.0 Å². The van der Waals surface area contributed by atoms with Crippen LogP contribution < -0.4 is 15.6 Å². The van der Waals surface area contributed by atoms with Crippen LogP contribution in [0, 0.1) is 11.7 Å². The van der Waals surface area contributed by atoms with Crippen molar-refractivity contribution in [2.75, 3.05) is 31.1 Å². The molecule has 2 fully saturated rings. The summed E-state index contributed by atoms with van der Waals surface area (Å²) in [5, 5.41) is 21.5. The van der Waals surface area contributed by atoms with E-state index in [4.69, 9.17) is 5.11 Å². The van der Waals surface area contributed by atoms with Gasteiger partial charge in [0.05, 0.1) is 17.1 Å². The van der Waals surface area contributed by atoms with Gasteiger partial charge in [0.15, 0.2) is 0 Å². The van der Waals surface area contributed by atoms with Crippen molar-refractivity contribution in [3.05, 3.63) is 75.3 Å². The summed E-state index contributed by atoms with van der Waals surface area (Å²) in [4.78, 5) is 36.5. The van der Waals surface area contributed by atoms with Crippen LogP contribution in [0.3, 0.4) is 0 Å². The van der Waals surface area contributed by atoms with Crippen LogP contribution in [0.4, 0.5) is 10.1 Å². The average molecular weight is 538 g/mol. The molecule has 0 spiro atoms. The normalized spacial score (nSPS) is 16.1. The molecule has 2 heterocycles. The first-order valence-corrected chi connectivity index (χ1v) is 13.5. The van der Waals surface area contributed by atoms with Gasteiger partial charge in [-0.3, -0.25) is 9.59 Å². The van der Waals surface area contributed by atoms with Crippen LogP contribution >= 0.6 is 0 Å². The molecular weight excluding hydrogens is 501 g/mol. The molecule has 3 aromatic rings. The minimum Gasteiger partial charge on any atom is -0.481 e. The predicted molar refractivity (Wildman–Crippen MR) is 150 cm³/mol. The zero-order chi connectivity index (χ0) is 28.3. The van der Waals surface area contributed by atoms with Crippen molar-refractivity contribution in [3.8, 4) is 0 Å². The summed E-state index contributed by atoms with van der Waals surface area (Å²) in [6, 6.07) is 10.9. The summed E-state index contributed by atoms with van der Waals surface area (Å²) >= 11 is 0. The first kappa shape index (κ1) is 28.3. The number of pyridine rings is 1. The number of hydrogen-bond acceptors (Lipinski definition) is 5. The molecule has 8 nitrogen and oxygen atoms in total. The SMILES string of the molecule is CC(C)Cc1ccc(C(C)C(=O)O)cc1.O=C(O)c1cn(C2CC2)c2cc(N3CCNCC3)c(F)cc2c1=O. The molecular formula is C30H36FN3O5. The second-order valence-corrected chi connectivity index (χ2v) is 10.8. The van der Waals surface area contributed by atoms with Crippen molar-refractivity contribution in [1.82, 2.24) is 9.88 Å². The lowest BCUT2D eigenvalue weighted by Crippen LogP contribution is -2.43. The van der Waals surface area contributed by atoms with Gasteiger partial charge in [-0.15, -0.1) is 0 Å². The van der Waals surface area contributed by atoms with Gasteiger partial charge in [-0.1, -0.05) is 38.1 Å². The van der Waals surface area contributed by atoms with Gasteiger partial charge in [0.2, 0.25) is 5.43 Å². The molecule has 3 N–H and O–H groups in total. The Labute approximate surface area is 227 Å². The first-order valence-electron chi connectivity index (χ1n) is 13.5. The molecule has 1 saturated carbocycles. The predicted octanol–water partition coefficient (Wildman–Crippen LogP) is 4.66. The van der Waals surface area contributed by atoms with Gasteiger partial charge in [-0.25, -0.2) is 9.18 Å². The molecule has 39 heavy (non-hydrogen) atoms. The average Bonchev–Trinajstić information content (AvgIpc) is 3.75. The zero-order valence-electron chi connectivity index (χ0n) is 22.6. The highest BCUT2D eigenvalue weighted by Crippen LogP contribution is 2.38. The molecule has 5 rings (SSSR count). The summed E-state index contributed by atoms with van der Waals surface area (Å²) in [6.45, 7) is 9.02. The molecule has 0 bridgehead atoms. The maximum atomic E-state index is 14.6. The highest BCUT2D eigenvalue weighted by atomic mass is 19.1. The van der Waals surface area contributed by atoms with Crippen LogP contribution in [0.15, 0.2) is 47.4 Å². The minimum atomic E-state index is -1.28. The minimum absolute atomic E-state index is 0.137. The number of carboxylic acid groups (broad SMARTS) is 2. The fourth-order valence-electron chi connectivity index (χ4n) is 4.87. The first-order chi connectivity index (χ1) is 18.6. The van der Waals surface area contributed by atoms with E-state index in [1.54, 1.807) is 13.0 Å². The van der Waals surface area contributed by atoms with Crippen LogP contribution in [0.1, 0.15) is 67.1 Å². The van der Waals surface area contributed by atoms with E-state index in [1.165, 1.54) is 17.8 Å². The number of anilines is 1. The fourth-order valence-corrected chi connectivity index (χ4v) is 4.87. The molecule has 1 saturated heterocycles. The molecule has 1 unspecified atom stereocenters. The molecule has 2 aromatic carbocycles. The largest absolute Gasteiger partial charge is 0.481 e. The lowest BCUT2D eigenvalue weighted by Gasteiger charge is -2.30. The van der Waals surface area contributed by atoms with Gasteiger partial charge in [0.1, 0.15) is 11.4 Å². The summed E-state index contributed by atoms with van der Waals surface area (Å²) in [7, 11) is 0.